The quantitative estimate of drug-likeness (QED) is 0.0441. The predicted molar refractivity (Wildman–Crippen MR) is 254 cm³/mol. The number of hydrogen-bond donors (Lipinski definition) is 0. The van der Waals surface area contributed by atoms with E-state index in [9.17, 15) is 4.79 Å². The second-order valence-corrected chi connectivity index (χ2v) is 31.3. The van der Waals surface area contributed by atoms with Gasteiger partial charge in [-0.3, -0.25) is 0 Å². The van der Waals surface area contributed by atoms with Crippen LogP contribution in [0.5, 0.6) is 0 Å². The van der Waals surface area contributed by atoms with Crippen LogP contribution < -0.4 is 0 Å². The van der Waals surface area contributed by atoms with Gasteiger partial charge in [0, 0.05) is 38.1 Å². The van der Waals surface area contributed by atoms with E-state index in [2.05, 4.69) is 105 Å². The summed E-state index contributed by atoms with van der Waals surface area (Å²) in [6, 6.07) is 0. The van der Waals surface area contributed by atoms with E-state index >= 15 is 0 Å². The van der Waals surface area contributed by atoms with Gasteiger partial charge in [-0.25, -0.2) is 4.79 Å². The molecule has 9 heteroatoms. The molecule has 0 aromatic rings. The van der Waals surface area contributed by atoms with Crippen LogP contribution in [0.3, 0.4) is 0 Å². The molecule has 2 rings (SSSR count). The third kappa shape index (κ3) is 18.9. The van der Waals surface area contributed by atoms with E-state index in [-0.39, 0.29) is 22.3 Å². The molecule has 2 saturated heterocycles. The number of carbonyl (C=O) groups excluding carboxylic acids is 1. The second kappa shape index (κ2) is 26.9. The molecular weight excluding hydrogens is 753 g/mol. The van der Waals surface area contributed by atoms with Crippen LogP contribution in [0.1, 0.15) is 185 Å². The summed E-state index contributed by atoms with van der Waals surface area (Å²) in [5.41, 5.74) is 0. The molecule has 7 nitrogen and oxygen atoms in total. The lowest BCUT2D eigenvalue weighted by molar-refractivity contribution is -0.0820. The molecule has 6 atom stereocenters. The van der Waals surface area contributed by atoms with Crippen LogP contribution >= 0.6 is 0 Å². The molecule has 0 spiro atoms. The summed E-state index contributed by atoms with van der Waals surface area (Å²) in [6.07, 6.45) is 20.1. The van der Waals surface area contributed by atoms with E-state index in [0.717, 1.165) is 104 Å². The van der Waals surface area contributed by atoms with E-state index in [4.69, 9.17) is 18.3 Å². The molecule has 0 saturated carbocycles. The fourth-order valence-corrected chi connectivity index (χ4v) is 11.3. The zero-order valence-corrected chi connectivity index (χ0v) is 43.3. The lowest BCUT2D eigenvalue weighted by atomic mass is 9.80. The van der Waals surface area contributed by atoms with E-state index < -0.39 is 22.8 Å². The third-order valence-electron chi connectivity index (χ3n) is 15.1. The molecule has 2 aliphatic rings. The van der Waals surface area contributed by atoms with Gasteiger partial charge in [-0.05, 0) is 138 Å². The highest BCUT2D eigenvalue weighted by atomic mass is 28.4. The summed E-state index contributed by atoms with van der Waals surface area (Å²) < 4.78 is 27.2. The van der Waals surface area contributed by atoms with Crippen molar-refractivity contribution in [3.63, 3.8) is 0 Å². The number of likely N-dealkylation sites (tertiary alicyclic amines) is 2. The Hall–Kier alpha value is -0.456. The maximum atomic E-state index is 14.6. The third-order valence-corrected chi connectivity index (χ3v) is 24.2. The van der Waals surface area contributed by atoms with E-state index in [0.29, 0.717) is 23.7 Å². The highest BCUT2D eigenvalue weighted by molar-refractivity contribution is 6.74. The Balaban J connectivity index is 2.43. The van der Waals surface area contributed by atoms with Crippen LogP contribution in [-0.2, 0) is 18.3 Å². The zero-order valence-electron chi connectivity index (χ0n) is 41.3. The van der Waals surface area contributed by atoms with Crippen LogP contribution in [0.2, 0.25) is 36.3 Å². The first-order valence-corrected chi connectivity index (χ1v) is 30.7. The summed E-state index contributed by atoms with van der Waals surface area (Å²) >= 11 is 0. The van der Waals surface area contributed by atoms with Crippen molar-refractivity contribution < 1.29 is 23.1 Å². The summed E-state index contributed by atoms with van der Waals surface area (Å²) in [7, 11) is -3.67. The number of rotatable bonds is 28. The number of unbranched alkanes of at least 4 members (excludes halogenated alkanes) is 6. The van der Waals surface area contributed by atoms with Gasteiger partial charge in [0.1, 0.15) is 12.2 Å². The standard InChI is InChI=1S/C49H100N2O5Si2/c1-15-19-21-23-29-41(33-27-37-53-57(11,12)48(5,6)7)45(43-31-25-35-50(17-3)39-43)55-47(52)56-46(44-32-26-36-51(18-4)40-44)42(30-24-22-20-16-2)34-28-38-54-58(13,14)49(8,9)10/h41-46H,15-40H2,1-14H3. The highest BCUT2D eigenvalue weighted by Crippen LogP contribution is 2.39. The van der Waals surface area contributed by atoms with Crippen molar-refractivity contribution in [2.75, 3.05) is 52.5 Å². The first kappa shape index (κ1) is 53.7. The van der Waals surface area contributed by atoms with Crippen molar-refractivity contribution >= 4 is 22.8 Å². The Morgan fingerprint density at radius 2 is 0.931 bits per heavy atom. The van der Waals surface area contributed by atoms with Crippen molar-refractivity contribution in [2.45, 2.75) is 233 Å². The molecule has 2 aliphatic heterocycles. The van der Waals surface area contributed by atoms with Crippen LogP contribution in [0.4, 0.5) is 4.79 Å². The number of hydrogen-bond acceptors (Lipinski definition) is 7. The lowest BCUT2D eigenvalue weighted by Gasteiger charge is -2.41. The summed E-state index contributed by atoms with van der Waals surface area (Å²) in [4.78, 5) is 19.8. The van der Waals surface area contributed by atoms with Crippen molar-refractivity contribution in [3.05, 3.63) is 0 Å². The van der Waals surface area contributed by atoms with Gasteiger partial charge in [0.15, 0.2) is 16.6 Å². The minimum Gasteiger partial charge on any atom is -0.430 e. The van der Waals surface area contributed by atoms with E-state index in [1.807, 2.05) is 0 Å². The monoisotopic (exact) mass is 853 g/mol. The predicted octanol–water partition coefficient (Wildman–Crippen LogP) is 14.1. The minimum atomic E-state index is -1.83. The van der Waals surface area contributed by atoms with Gasteiger partial charge in [-0.15, -0.1) is 0 Å². The van der Waals surface area contributed by atoms with Gasteiger partial charge in [0.05, 0.1) is 0 Å². The average Bonchev–Trinajstić information content (AvgIpc) is 3.17. The number of piperidine rings is 2. The fourth-order valence-electron chi connectivity index (χ4n) is 9.09. The van der Waals surface area contributed by atoms with Crippen molar-refractivity contribution in [2.24, 2.45) is 23.7 Å². The van der Waals surface area contributed by atoms with Gasteiger partial charge in [0.2, 0.25) is 0 Å². The molecule has 0 aliphatic carbocycles. The first-order valence-electron chi connectivity index (χ1n) is 24.9. The second-order valence-electron chi connectivity index (χ2n) is 21.7. The van der Waals surface area contributed by atoms with Gasteiger partial charge >= 0.3 is 6.16 Å². The minimum absolute atomic E-state index is 0.128. The van der Waals surface area contributed by atoms with Crippen molar-refractivity contribution in [1.29, 1.82) is 0 Å². The molecule has 58 heavy (non-hydrogen) atoms. The Labute approximate surface area is 363 Å². The molecule has 0 bridgehead atoms. The Morgan fingerprint density at radius 3 is 1.26 bits per heavy atom. The largest absolute Gasteiger partial charge is 0.508 e. The molecule has 6 unspecified atom stereocenters. The van der Waals surface area contributed by atoms with Gasteiger partial charge < -0.3 is 28.1 Å². The molecule has 0 aromatic carbocycles. The highest BCUT2D eigenvalue weighted by Gasteiger charge is 2.41. The fraction of sp³-hybridized carbons (Fsp3) is 0.980. The van der Waals surface area contributed by atoms with Crippen LogP contribution in [0.25, 0.3) is 0 Å². The Bertz CT molecular complexity index is 1010. The number of nitrogens with zero attached hydrogens (tertiary/aromatic N) is 2. The van der Waals surface area contributed by atoms with Gasteiger partial charge in [0.25, 0.3) is 0 Å². The maximum Gasteiger partial charge on any atom is 0.508 e. The van der Waals surface area contributed by atoms with Gasteiger partial charge in [-0.1, -0.05) is 121 Å². The molecule has 0 N–H and O–H groups in total. The molecule has 0 amide bonds. The average molecular weight is 854 g/mol. The molecule has 0 radical (unpaired) electrons. The number of ether oxygens (including phenoxy) is 2. The van der Waals surface area contributed by atoms with Crippen LogP contribution in [-0.4, -0.2) is 97.3 Å². The Morgan fingerprint density at radius 1 is 0.569 bits per heavy atom. The van der Waals surface area contributed by atoms with E-state index in [1.165, 1.54) is 64.2 Å². The zero-order chi connectivity index (χ0) is 43.4. The normalized spacial score (nSPS) is 21.4. The smallest absolute Gasteiger partial charge is 0.430 e. The number of carbonyl (C=O) groups is 1. The topological polar surface area (TPSA) is 60.5 Å². The van der Waals surface area contributed by atoms with Crippen molar-refractivity contribution in [3.8, 4) is 0 Å². The molecule has 2 fully saturated rings. The molecular formula is C49H100N2O5Si2. The summed E-state index contributed by atoms with van der Waals surface area (Å²) in [5, 5.41) is 0.394. The lowest BCUT2D eigenvalue weighted by Crippen LogP contribution is -2.47. The molecule has 2 heterocycles. The summed E-state index contributed by atoms with van der Waals surface area (Å²) in [6.45, 7) is 40.5. The molecule has 344 valence electrons. The van der Waals surface area contributed by atoms with E-state index in [1.54, 1.807) is 0 Å². The summed E-state index contributed by atoms with van der Waals surface area (Å²) in [5.74, 6) is 1.30. The molecule has 0 aromatic heterocycles. The van der Waals surface area contributed by atoms with Gasteiger partial charge in [-0.2, -0.15) is 0 Å². The SMILES string of the molecule is CCCCCCC(CCCO[Si](C)(C)C(C)(C)C)C(OC(=O)OC(C(CCCCCC)CCCO[Si](C)(C)C(C)(C)C)C1CCCN(CC)C1)C1CCCN(CC)C1. The first-order chi connectivity index (χ1) is 27.3. The van der Waals surface area contributed by atoms with Crippen LogP contribution in [0, 0.1) is 23.7 Å². The Kier molecular flexibility index (Phi) is 24.9. The maximum absolute atomic E-state index is 14.6. The van der Waals surface area contributed by atoms with Crippen LogP contribution in [0.15, 0.2) is 0 Å². The van der Waals surface area contributed by atoms with Crippen molar-refractivity contribution in [1.82, 2.24) is 9.80 Å².